The molecule has 4 rings (SSSR count). The Morgan fingerprint density at radius 1 is 1.35 bits per heavy atom. The summed E-state index contributed by atoms with van der Waals surface area (Å²) < 4.78 is 0. The second-order valence-electron chi connectivity index (χ2n) is 6.67. The molecule has 1 aliphatic heterocycles. The number of nitrogens with zero attached hydrogens (tertiary/aromatic N) is 4. The summed E-state index contributed by atoms with van der Waals surface area (Å²) in [5.74, 6) is -0.0344. The fourth-order valence-electron chi connectivity index (χ4n) is 3.27. The lowest BCUT2D eigenvalue weighted by Crippen LogP contribution is -2.33. The minimum Gasteiger partial charge on any atom is -0.328 e. The Kier molecular flexibility index (Phi) is 4.81. The second kappa shape index (κ2) is 7.39. The van der Waals surface area contributed by atoms with Gasteiger partial charge in [-0.1, -0.05) is 6.07 Å². The van der Waals surface area contributed by atoms with Crippen LogP contribution >= 0.6 is 11.3 Å². The lowest BCUT2D eigenvalue weighted by atomic mass is 10.0. The third kappa shape index (κ3) is 3.54. The molecule has 0 unspecified atom stereocenters. The predicted octanol–water partition coefficient (Wildman–Crippen LogP) is 2.70. The van der Waals surface area contributed by atoms with Crippen LogP contribution < -0.4 is 0 Å². The number of hydrogen-bond acceptors (Lipinski definition) is 5. The third-order valence-corrected chi connectivity index (χ3v) is 5.40. The van der Waals surface area contributed by atoms with Gasteiger partial charge in [-0.2, -0.15) is 16.4 Å². The summed E-state index contributed by atoms with van der Waals surface area (Å²) in [5.41, 5.74) is 4.81. The largest absolute Gasteiger partial charge is 0.328 e. The van der Waals surface area contributed by atoms with Crippen LogP contribution in [0.3, 0.4) is 0 Å². The molecule has 0 aliphatic carbocycles. The number of aromatic amines is 1. The smallest absolute Gasteiger partial charge is 0.275 e. The van der Waals surface area contributed by atoms with Crippen molar-refractivity contribution in [1.82, 2.24) is 25.0 Å². The normalized spacial score (nSPS) is 14.2. The highest BCUT2D eigenvalue weighted by molar-refractivity contribution is 7.07. The quantitative estimate of drug-likeness (QED) is 0.753. The first kappa shape index (κ1) is 16.9. The molecule has 4 heterocycles. The first-order chi connectivity index (χ1) is 12.7. The Balaban J connectivity index is 1.62. The van der Waals surface area contributed by atoms with Crippen molar-refractivity contribution >= 4 is 17.2 Å². The number of carbonyl (C=O) groups is 1. The Bertz CT molecular complexity index is 875. The maximum Gasteiger partial charge on any atom is 0.275 e. The van der Waals surface area contributed by atoms with Gasteiger partial charge in [0.1, 0.15) is 0 Å². The fraction of sp³-hybridized carbons (Fsp3) is 0.316. The molecule has 1 amide bonds. The molecule has 1 aliphatic rings. The van der Waals surface area contributed by atoms with Gasteiger partial charge < -0.3 is 9.80 Å². The fourth-order valence-corrected chi connectivity index (χ4v) is 3.93. The summed E-state index contributed by atoms with van der Waals surface area (Å²) in [7, 11) is 2.07. The van der Waals surface area contributed by atoms with E-state index in [1.165, 1.54) is 0 Å². The minimum atomic E-state index is -0.0344. The van der Waals surface area contributed by atoms with E-state index in [0.717, 1.165) is 41.9 Å². The molecule has 0 fully saturated rings. The Morgan fingerprint density at radius 3 is 3.00 bits per heavy atom. The van der Waals surface area contributed by atoms with Crippen molar-refractivity contribution in [3.63, 3.8) is 0 Å². The van der Waals surface area contributed by atoms with E-state index in [-0.39, 0.29) is 5.91 Å². The SMILES string of the molecule is CN1CCc2[nH]nc(C(=O)N(Cc3cccnc3)Cc3ccsc3)c2C1. The molecule has 0 saturated heterocycles. The number of nitrogens with one attached hydrogen (secondary N) is 1. The van der Waals surface area contributed by atoms with Crippen LogP contribution in [0.15, 0.2) is 41.4 Å². The van der Waals surface area contributed by atoms with E-state index < -0.39 is 0 Å². The molecule has 1 N–H and O–H groups in total. The molecule has 26 heavy (non-hydrogen) atoms. The first-order valence-corrected chi connectivity index (χ1v) is 9.59. The lowest BCUT2D eigenvalue weighted by molar-refractivity contribution is 0.0721. The number of rotatable bonds is 5. The van der Waals surface area contributed by atoms with Gasteiger partial charge in [0.25, 0.3) is 5.91 Å². The van der Waals surface area contributed by atoms with Crippen LogP contribution in [0.4, 0.5) is 0 Å². The van der Waals surface area contributed by atoms with Crippen molar-refractivity contribution in [1.29, 1.82) is 0 Å². The van der Waals surface area contributed by atoms with Crippen molar-refractivity contribution in [2.75, 3.05) is 13.6 Å². The van der Waals surface area contributed by atoms with Crippen molar-refractivity contribution < 1.29 is 4.79 Å². The zero-order chi connectivity index (χ0) is 17.9. The number of amides is 1. The number of H-pyrrole nitrogens is 1. The van der Waals surface area contributed by atoms with Gasteiger partial charge in [0.2, 0.25) is 0 Å². The molecule has 7 heteroatoms. The van der Waals surface area contributed by atoms with E-state index in [2.05, 4.69) is 38.6 Å². The highest BCUT2D eigenvalue weighted by Crippen LogP contribution is 2.22. The van der Waals surface area contributed by atoms with Crippen LogP contribution in [-0.4, -0.2) is 44.5 Å². The van der Waals surface area contributed by atoms with E-state index in [1.807, 2.05) is 28.6 Å². The molecule has 0 atom stereocenters. The van der Waals surface area contributed by atoms with Crippen LogP contribution in [0, 0.1) is 0 Å². The van der Waals surface area contributed by atoms with E-state index in [9.17, 15) is 4.79 Å². The van der Waals surface area contributed by atoms with Crippen LogP contribution in [0.5, 0.6) is 0 Å². The zero-order valence-corrected chi connectivity index (χ0v) is 15.5. The van der Waals surface area contributed by atoms with Crippen LogP contribution in [-0.2, 0) is 26.1 Å². The van der Waals surface area contributed by atoms with Gasteiger partial charge in [0.05, 0.1) is 0 Å². The number of aromatic nitrogens is 3. The number of thiophene rings is 1. The minimum absolute atomic E-state index is 0.0344. The molecule has 0 aromatic carbocycles. The molecular formula is C19H21N5OS. The molecule has 3 aromatic heterocycles. The van der Waals surface area contributed by atoms with Gasteiger partial charge in [-0.3, -0.25) is 14.9 Å². The molecule has 6 nitrogen and oxygen atoms in total. The van der Waals surface area contributed by atoms with Gasteiger partial charge in [-0.15, -0.1) is 0 Å². The average molecular weight is 367 g/mol. The van der Waals surface area contributed by atoms with Crippen LogP contribution in [0.25, 0.3) is 0 Å². The monoisotopic (exact) mass is 367 g/mol. The van der Waals surface area contributed by atoms with E-state index in [1.54, 1.807) is 17.5 Å². The van der Waals surface area contributed by atoms with Crippen molar-refractivity contribution in [3.05, 3.63) is 69.4 Å². The topological polar surface area (TPSA) is 65.1 Å². The lowest BCUT2D eigenvalue weighted by Gasteiger charge is -2.25. The van der Waals surface area contributed by atoms with Crippen molar-refractivity contribution in [2.45, 2.75) is 26.1 Å². The zero-order valence-electron chi connectivity index (χ0n) is 14.7. The van der Waals surface area contributed by atoms with Gasteiger partial charge >= 0.3 is 0 Å². The van der Waals surface area contributed by atoms with E-state index in [0.29, 0.717) is 18.8 Å². The van der Waals surface area contributed by atoms with Crippen molar-refractivity contribution in [2.24, 2.45) is 0 Å². The van der Waals surface area contributed by atoms with E-state index >= 15 is 0 Å². The number of carbonyl (C=O) groups excluding carboxylic acids is 1. The Morgan fingerprint density at radius 2 is 2.23 bits per heavy atom. The standard InChI is InChI=1S/C19H21N5OS/c1-23-7-4-17-16(12-23)18(22-21-17)19(25)24(11-15-5-8-26-13-15)10-14-3-2-6-20-9-14/h2-3,5-6,8-9,13H,4,7,10-12H2,1H3,(H,21,22). The summed E-state index contributed by atoms with van der Waals surface area (Å²) in [5, 5.41) is 11.6. The maximum atomic E-state index is 13.3. The maximum absolute atomic E-state index is 13.3. The van der Waals surface area contributed by atoms with Gasteiger partial charge in [0.15, 0.2) is 5.69 Å². The molecule has 3 aromatic rings. The number of hydrogen-bond donors (Lipinski definition) is 1. The molecule has 0 bridgehead atoms. The van der Waals surface area contributed by atoms with E-state index in [4.69, 9.17) is 0 Å². The first-order valence-electron chi connectivity index (χ1n) is 8.64. The summed E-state index contributed by atoms with van der Waals surface area (Å²) >= 11 is 1.64. The number of likely N-dealkylation sites (N-methyl/N-ethyl adjacent to an activating group) is 1. The molecular weight excluding hydrogens is 346 g/mol. The van der Waals surface area contributed by atoms with Gasteiger partial charge in [0, 0.05) is 56.3 Å². The van der Waals surface area contributed by atoms with Crippen LogP contribution in [0.1, 0.15) is 32.9 Å². The Labute approximate surface area is 156 Å². The second-order valence-corrected chi connectivity index (χ2v) is 7.45. The summed E-state index contributed by atoms with van der Waals surface area (Å²) in [4.78, 5) is 21.6. The summed E-state index contributed by atoms with van der Waals surface area (Å²) in [6.07, 6.45) is 4.45. The number of fused-ring (bicyclic) bond motifs is 1. The van der Waals surface area contributed by atoms with Gasteiger partial charge in [-0.25, -0.2) is 0 Å². The molecule has 0 spiro atoms. The predicted molar refractivity (Wildman–Crippen MR) is 101 cm³/mol. The Hall–Kier alpha value is -2.51. The molecule has 0 saturated carbocycles. The molecule has 0 radical (unpaired) electrons. The highest BCUT2D eigenvalue weighted by Gasteiger charge is 2.27. The highest BCUT2D eigenvalue weighted by atomic mass is 32.1. The van der Waals surface area contributed by atoms with Crippen LogP contribution in [0.2, 0.25) is 0 Å². The summed E-state index contributed by atoms with van der Waals surface area (Å²) in [6.45, 7) is 2.82. The number of pyridine rings is 1. The van der Waals surface area contributed by atoms with Crippen molar-refractivity contribution in [3.8, 4) is 0 Å². The molecule has 134 valence electrons. The average Bonchev–Trinajstić information content (AvgIpc) is 3.31. The van der Waals surface area contributed by atoms with Gasteiger partial charge in [-0.05, 0) is 41.1 Å². The summed E-state index contributed by atoms with van der Waals surface area (Å²) in [6, 6.07) is 5.95. The third-order valence-electron chi connectivity index (χ3n) is 4.66.